The third-order valence-electron chi connectivity index (χ3n) is 5.03. The van der Waals surface area contributed by atoms with Gasteiger partial charge in [0.1, 0.15) is 6.54 Å². The number of carboxylic acid groups (broad SMARTS) is 1. The summed E-state index contributed by atoms with van der Waals surface area (Å²) >= 11 is 0. The Hall–Kier alpha value is -2.64. The van der Waals surface area contributed by atoms with Gasteiger partial charge in [0.25, 0.3) is 11.5 Å². The number of pyridine rings is 1. The highest BCUT2D eigenvalue weighted by molar-refractivity contribution is 5.97. The minimum Gasteiger partial charge on any atom is -0.481 e. The van der Waals surface area contributed by atoms with E-state index in [1.807, 2.05) is 20.8 Å². The molecule has 0 radical (unpaired) electrons. The van der Waals surface area contributed by atoms with Gasteiger partial charge in [-0.2, -0.15) is 0 Å². The van der Waals surface area contributed by atoms with Gasteiger partial charge in [-0.1, -0.05) is 6.92 Å². The summed E-state index contributed by atoms with van der Waals surface area (Å²) in [5.74, 6) is -2.04. The first-order valence-electron chi connectivity index (χ1n) is 9.53. The molecule has 28 heavy (non-hydrogen) atoms. The number of aliphatic carboxylic acids is 1. The molecule has 2 heterocycles. The Balaban J connectivity index is 2.38. The average molecular weight is 391 g/mol. The van der Waals surface area contributed by atoms with E-state index < -0.39 is 11.9 Å². The molecule has 0 aromatic carbocycles. The van der Waals surface area contributed by atoms with Crippen molar-refractivity contribution in [2.24, 2.45) is 11.8 Å². The predicted octanol–water partition coefficient (Wildman–Crippen LogP) is 1.17. The largest absolute Gasteiger partial charge is 0.481 e. The van der Waals surface area contributed by atoms with Gasteiger partial charge in [-0.3, -0.25) is 19.2 Å². The summed E-state index contributed by atoms with van der Waals surface area (Å²) in [5, 5.41) is 12.1. The van der Waals surface area contributed by atoms with Crippen LogP contribution in [-0.2, 0) is 16.1 Å². The molecule has 2 N–H and O–H groups in total. The molecule has 2 rings (SSSR count). The monoisotopic (exact) mass is 391 g/mol. The number of piperidine rings is 1. The third kappa shape index (κ3) is 4.79. The first-order valence-corrected chi connectivity index (χ1v) is 9.53. The van der Waals surface area contributed by atoms with Gasteiger partial charge in [0.15, 0.2) is 0 Å². The SMILES string of the molecule is Cc1cc(=O)n(CC(=O)NC(C)C)c(C)c1C(=O)N1CC(C)CC(C(=O)O)C1. The van der Waals surface area contributed by atoms with Gasteiger partial charge in [0.05, 0.1) is 11.5 Å². The summed E-state index contributed by atoms with van der Waals surface area (Å²) in [6, 6.07) is 1.29. The Morgan fingerprint density at radius 1 is 1.25 bits per heavy atom. The maximum absolute atomic E-state index is 13.2. The number of likely N-dealkylation sites (tertiary alicyclic amines) is 1. The quantitative estimate of drug-likeness (QED) is 0.783. The number of aryl methyl sites for hydroxylation is 1. The summed E-state index contributed by atoms with van der Waals surface area (Å²) in [7, 11) is 0. The maximum atomic E-state index is 13.2. The number of hydrogen-bond acceptors (Lipinski definition) is 4. The van der Waals surface area contributed by atoms with Crippen LogP contribution in [0.25, 0.3) is 0 Å². The van der Waals surface area contributed by atoms with Gasteiger partial charge in [-0.25, -0.2) is 0 Å². The topological polar surface area (TPSA) is 109 Å². The lowest BCUT2D eigenvalue weighted by molar-refractivity contribution is -0.143. The van der Waals surface area contributed by atoms with E-state index in [0.717, 1.165) is 0 Å². The molecule has 2 amide bonds. The Morgan fingerprint density at radius 3 is 2.46 bits per heavy atom. The van der Waals surface area contributed by atoms with E-state index in [-0.39, 0.29) is 42.4 Å². The molecule has 2 unspecified atom stereocenters. The van der Waals surface area contributed by atoms with Crippen LogP contribution in [-0.4, -0.2) is 51.5 Å². The molecule has 1 aliphatic heterocycles. The number of carbonyl (C=O) groups excluding carboxylic acids is 2. The highest BCUT2D eigenvalue weighted by Crippen LogP contribution is 2.25. The highest BCUT2D eigenvalue weighted by Gasteiger charge is 2.33. The fraction of sp³-hybridized carbons (Fsp3) is 0.600. The molecule has 1 aromatic heterocycles. The number of carboxylic acids is 1. The molecule has 1 saturated heterocycles. The van der Waals surface area contributed by atoms with Crippen molar-refractivity contribution in [2.45, 2.75) is 53.6 Å². The molecule has 1 aliphatic rings. The minimum absolute atomic E-state index is 0.0575. The molecule has 0 bridgehead atoms. The van der Waals surface area contributed by atoms with Crippen LogP contribution in [0.3, 0.4) is 0 Å². The van der Waals surface area contributed by atoms with Crippen molar-refractivity contribution in [3.63, 3.8) is 0 Å². The van der Waals surface area contributed by atoms with Crippen molar-refractivity contribution >= 4 is 17.8 Å². The lowest BCUT2D eigenvalue weighted by Crippen LogP contribution is -2.46. The second-order valence-electron chi connectivity index (χ2n) is 8.02. The zero-order chi connectivity index (χ0) is 21.2. The molecule has 154 valence electrons. The second kappa shape index (κ2) is 8.58. The Kier molecular flexibility index (Phi) is 6.64. The number of aromatic nitrogens is 1. The second-order valence-corrected chi connectivity index (χ2v) is 8.02. The van der Waals surface area contributed by atoms with Crippen LogP contribution in [0.2, 0.25) is 0 Å². The molecule has 0 aliphatic carbocycles. The van der Waals surface area contributed by atoms with Crippen molar-refractivity contribution in [3.8, 4) is 0 Å². The van der Waals surface area contributed by atoms with Crippen molar-refractivity contribution < 1.29 is 19.5 Å². The lowest BCUT2D eigenvalue weighted by atomic mass is 9.90. The predicted molar refractivity (Wildman–Crippen MR) is 104 cm³/mol. The van der Waals surface area contributed by atoms with Crippen LogP contribution in [0.5, 0.6) is 0 Å². The van der Waals surface area contributed by atoms with Crippen molar-refractivity contribution in [3.05, 3.63) is 33.2 Å². The van der Waals surface area contributed by atoms with Gasteiger partial charge in [-0.05, 0) is 45.6 Å². The van der Waals surface area contributed by atoms with E-state index in [2.05, 4.69) is 5.32 Å². The van der Waals surface area contributed by atoms with E-state index in [1.54, 1.807) is 18.7 Å². The van der Waals surface area contributed by atoms with E-state index in [4.69, 9.17) is 0 Å². The molecule has 1 aromatic rings. The Bertz CT molecular complexity index is 843. The van der Waals surface area contributed by atoms with Crippen molar-refractivity contribution in [1.82, 2.24) is 14.8 Å². The van der Waals surface area contributed by atoms with Gasteiger partial charge < -0.3 is 19.9 Å². The van der Waals surface area contributed by atoms with E-state index in [1.165, 1.54) is 10.6 Å². The van der Waals surface area contributed by atoms with Gasteiger partial charge in [-0.15, -0.1) is 0 Å². The minimum atomic E-state index is -0.909. The summed E-state index contributed by atoms with van der Waals surface area (Å²) in [6.45, 7) is 9.35. The van der Waals surface area contributed by atoms with Gasteiger partial charge >= 0.3 is 5.97 Å². The summed E-state index contributed by atoms with van der Waals surface area (Å²) in [4.78, 5) is 50.7. The van der Waals surface area contributed by atoms with Crippen LogP contribution >= 0.6 is 0 Å². The smallest absolute Gasteiger partial charge is 0.308 e. The number of carbonyl (C=O) groups is 3. The number of hydrogen-bond donors (Lipinski definition) is 2. The molecule has 1 fully saturated rings. The van der Waals surface area contributed by atoms with Crippen LogP contribution in [0.15, 0.2) is 10.9 Å². The number of nitrogens with zero attached hydrogens (tertiary/aromatic N) is 2. The summed E-state index contributed by atoms with van der Waals surface area (Å²) in [5.41, 5.74) is 0.952. The normalized spacial score (nSPS) is 19.6. The molecule has 0 spiro atoms. The Morgan fingerprint density at radius 2 is 1.89 bits per heavy atom. The van der Waals surface area contributed by atoms with Gasteiger partial charge in [0.2, 0.25) is 5.91 Å². The average Bonchev–Trinajstić information content (AvgIpc) is 2.57. The Labute approximate surface area is 164 Å². The maximum Gasteiger partial charge on any atom is 0.308 e. The van der Waals surface area contributed by atoms with E-state index in [9.17, 15) is 24.3 Å². The molecular formula is C20H29N3O5. The molecule has 2 atom stereocenters. The van der Waals surface area contributed by atoms with Crippen LogP contribution in [0, 0.1) is 25.7 Å². The van der Waals surface area contributed by atoms with E-state index >= 15 is 0 Å². The van der Waals surface area contributed by atoms with Crippen LogP contribution in [0.4, 0.5) is 0 Å². The molecule has 0 saturated carbocycles. The zero-order valence-corrected chi connectivity index (χ0v) is 17.1. The van der Waals surface area contributed by atoms with E-state index in [0.29, 0.717) is 29.8 Å². The lowest BCUT2D eigenvalue weighted by Gasteiger charge is -2.35. The number of rotatable bonds is 5. The fourth-order valence-corrected chi connectivity index (χ4v) is 3.81. The van der Waals surface area contributed by atoms with Crippen LogP contribution < -0.4 is 10.9 Å². The van der Waals surface area contributed by atoms with Gasteiger partial charge in [0, 0.05) is 30.9 Å². The standard InChI is InChI=1S/C20H29N3O5/c1-11(2)21-16(24)10-23-14(5)18(13(4)7-17(23)25)19(26)22-8-12(3)6-15(9-22)20(27)28/h7,11-12,15H,6,8-10H2,1-5H3,(H,21,24)(H,27,28). The molecular weight excluding hydrogens is 362 g/mol. The summed E-state index contributed by atoms with van der Waals surface area (Å²) < 4.78 is 1.29. The van der Waals surface area contributed by atoms with Crippen molar-refractivity contribution in [1.29, 1.82) is 0 Å². The number of nitrogens with one attached hydrogen (secondary N) is 1. The summed E-state index contributed by atoms with van der Waals surface area (Å²) in [6.07, 6.45) is 0.534. The molecule has 8 nitrogen and oxygen atoms in total. The third-order valence-corrected chi connectivity index (χ3v) is 5.03. The number of amides is 2. The first-order chi connectivity index (χ1) is 13.0. The first kappa shape index (κ1) is 21.7. The highest BCUT2D eigenvalue weighted by atomic mass is 16.4. The fourth-order valence-electron chi connectivity index (χ4n) is 3.81. The molecule has 8 heteroatoms. The van der Waals surface area contributed by atoms with Crippen LogP contribution in [0.1, 0.15) is 48.8 Å². The zero-order valence-electron chi connectivity index (χ0n) is 17.1. The van der Waals surface area contributed by atoms with Crippen molar-refractivity contribution in [2.75, 3.05) is 13.1 Å².